The zero-order chi connectivity index (χ0) is 14.8. The number of rotatable bonds is 8. The van der Waals surface area contributed by atoms with Gasteiger partial charge >= 0.3 is 5.97 Å². The van der Waals surface area contributed by atoms with Crippen LogP contribution in [0.5, 0.6) is 0 Å². The number of nitriles is 1. The number of unbranched alkanes of at least 4 members (excludes halogenated alkanes) is 3. The van der Waals surface area contributed by atoms with Crippen molar-refractivity contribution in [2.75, 3.05) is 6.61 Å². The molecule has 0 aliphatic heterocycles. The van der Waals surface area contributed by atoms with E-state index >= 15 is 0 Å². The summed E-state index contributed by atoms with van der Waals surface area (Å²) in [6.45, 7) is 4.19. The Bertz CT molecular complexity index is 450. The van der Waals surface area contributed by atoms with Crippen LogP contribution >= 0.6 is 0 Å². The fraction of sp³-hybridized carbons (Fsp3) is 0.529. The monoisotopic (exact) mass is 273 g/mol. The summed E-state index contributed by atoms with van der Waals surface area (Å²) >= 11 is 0. The molecule has 1 atom stereocenters. The minimum absolute atomic E-state index is 0.387. The predicted molar refractivity (Wildman–Crippen MR) is 79.0 cm³/mol. The van der Waals surface area contributed by atoms with E-state index in [2.05, 4.69) is 13.0 Å². The van der Waals surface area contributed by atoms with Crippen molar-refractivity contribution in [3.63, 3.8) is 0 Å². The van der Waals surface area contributed by atoms with Crippen molar-refractivity contribution in [2.45, 2.75) is 46.0 Å². The Hall–Kier alpha value is -1.82. The van der Waals surface area contributed by atoms with Gasteiger partial charge in [-0.05, 0) is 18.9 Å². The van der Waals surface area contributed by atoms with Crippen LogP contribution in [0.15, 0.2) is 30.3 Å². The first-order valence-corrected chi connectivity index (χ1v) is 7.25. The van der Waals surface area contributed by atoms with Crippen LogP contribution in [-0.2, 0) is 16.0 Å². The highest BCUT2D eigenvalue weighted by Gasteiger charge is 2.35. The number of carbonyl (C=O) groups is 1. The number of nitrogens with zero attached hydrogens (tertiary/aromatic N) is 1. The van der Waals surface area contributed by atoms with E-state index in [0.717, 1.165) is 31.2 Å². The van der Waals surface area contributed by atoms with E-state index in [4.69, 9.17) is 4.74 Å². The normalized spacial score (nSPS) is 13.2. The van der Waals surface area contributed by atoms with Crippen LogP contribution in [0.4, 0.5) is 0 Å². The van der Waals surface area contributed by atoms with E-state index in [1.54, 1.807) is 6.92 Å². The van der Waals surface area contributed by atoms with Gasteiger partial charge in [-0.3, -0.25) is 4.79 Å². The van der Waals surface area contributed by atoms with Gasteiger partial charge in [-0.1, -0.05) is 56.5 Å². The summed E-state index contributed by atoms with van der Waals surface area (Å²) in [5.74, 6) is -0.416. The Balaban J connectivity index is 2.51. The molecule has 1 rings (SSSR count). The third-order valence-corrected chi connectivity index (χ3v) is 3.33. The van der Waals surface area contributed by atoms with Gasteiger partial charge in [-0.2, -0.15) is 5.26 Å². The molecule has 108 valence electrons. The Kier molecular flexibility index (Phi) is 6.79. The summed E-state index contributed by atoms with van der Waals surface area (Å²) < 4.78 is 5.26. The van der Waals surface area contributed by atoms with E-state index in [9.17, 15) is 10.1 Å². The zero-order valence-corrected chi connectivity index (χ0v) is 12.4. The van der Waals surface area contributed by atoms with E-state index in [0.29, 0.717) is 13.0 Å². The van der Waals surface area contributed by atoms with Gasteiger partial charge in [0.05, 0.1) is 12.7 Å². The van der Waals surface area contributed by atoms with Crippen molar-refractivity contribution in [3.8, 4) is 6.07 Å². The number of esters is 1. The molecule has 0 saturated heterocycles. The van der Waals surface area contributed by atoms with Crippen LogP contribution in [0.1, 0.15) is 45.1 Å². The van der Waals surface area contributed by atoms with Crippen LogP contribution in [-0.4, -0.2) is 12.6 Å². The first kappa shape index (κ1) is 16.2. The number of hydrogen-bond acceptors (Lipinski definition) is 3. The van der Waals surface area contributed by atoms with Gasteiger partial charge in [0.1, 0.15) is 0 Å². The molecule has 1 aromatic rings. The molecule has 0 aromatic heterocycles. The second-order valence-corrected chi connectivity index (χ2v) is 5.30. The summed E-state index contributed by atoms with van der Waals surface area (Å²) in [4.78, 5) is 12.1. The molecule has 1 unspecified atom stereocenters. The molecule has 0 bridgehead atoms. The number of ether oxygens (including phenoxy) is 1. The second kappa shape index (κ2) is 8.37. The molecule has 3 nitrogen and oxygen atoms in total. The smallest absolute Gasteiger partial charge is 0.326 e. The van der Waals surface area contributed by atoms with Gasteiger partial charge in [0.15, 0.2) is 5.41 Å². The maximum absolute atomic E-state index is 12.1. The quantitative estimate of drug-likeness (QED) is 0.533. The van der Waals surface area contributed by atoms with Crippen LogP contribution in [0.3, 0.4) is 0 Å². The van der Waals surface area contributed by atoms with Gasteiger partial charge in [-0.25, -0.2) is 0 Å². The number of carbonyl (C=O) groups excluding carboxylic acids is 1. The van der Waals surface area contributed by atoms with E-state index in [1.807, 2.05) is 30.3 Å². The van der Waals surface area contributed by atoms with Crippen LogP contribution in [0.25, 0.3) is 0 Å². The van der Waals surface area contributed by atoms with Gasteiger partial charge in [0, 0.05) is 6.42 Å². The van der Waals surface area contributed by atoms with Crippen molar-refractivity contribution in [1.29, 1.82) is 5.26 Å². The molecule has 0 spiro atoms. The molecule has 1 aromatic carbocycles. The molecular weight excluding hydrogens is 250 g/mol. The van der Waals surface area contributed by atoms with Crippen molar-refractivity contribution < 1.29 is 9.53 Å². The largest absolute Gasteiger partial charge is 0.465 e. The first-order chi connectivity index (χ1) is 9.62. The average molecular weight is 273 g/mol. The van der Waals surface area contributed by atoms with Crippen molar-refractivity contribution >= 4 is 5.97 Å². The molecule has 0 radical (unpaired) electrons. The summed E-state index contributed by atoms with van der Waals surface area (Å²) in [5.41, 5.74) is -0.133. The highest BCUT2D eigenvalue weighted by Crippen LogP contribution is 2.23. The molecule has 0 amide bonds. The standard InChI is InChI=1S/C17H23NO2/c1-3-4-5-9-12-20-16(19)17(2,14-18)13-15-10-7-6-8-11-15/h6-8,10-11H,3-5,9,12-13H2,1-2H3. The van der Waals surface area contributed by atoms with Gasteiger partial charge in [-0.15, -0.1) is 0 Å². The minimum atomic E-state index is -1.11. The fourth-order valence-corrected chi connectivity index (χ4v) is 2.01. The lowest BCUT2D eigenvalue weighted by atomic mass is 9.85. The summed E-state index contributed by atoms with van der Waals surface area (Å²) in [5, 5.41) is 9.31. The SMILES string of the molecule is CCCCCCOC(=O)C(C)(C#N)Cc1ccccc1. The topological polar surface area (TPSA) is 50.1 Å². The maximum atomic E-state index is 12.1. The molecular formula is C17H23NO2. The second-order valence-electron chi connectivity index (χ2n) is 5.30. The number of hydrogen-bond donors (Lipinski definition) is 0. The molecule has 20 heavy (non-hydrogen) atoms. The molecule has 3 heteroatoms. The third kappa shape index (κ3) is 5.05. The molecule has 0 heterocycles. The van der Waals surface area contributed by atoms with Gasteiger partial charge in [0.2, 0.25) is 0 Å². The Labute approximate surface area is 121 Å². The van der Waals surface area contributed by atoms with Crippen molar-refractivity contribution in [1.82, 2.24) is 0 Å². The highest BCUT2D eigenvalue weighted by molar-refractivity contribution is 5.80. The van der Waals surface area contributed by atoms with E-state index in [1.165, 1.54) is 0 Å². The molecule has 0 fully saturated rings. The highest BCUT2D eigenvalue weighted by atomic mass is 16.5. The average Bonchev–Trinajstić information content (AvgIpc) is 2.47. The molecule has 0 aliphatic carbocycles. The molecule has 0 aliphatic rings. The van der Waals surface area contributed by atoms with Crippen molar-refractivity contribution in [2.24, 2.45) is 5.41 Å². The van der Waals surface area contributed by atoms with Gasteiger partial charge < -0.3 is 4.74 Å². The zero-order valence-electron chi connectivity index (χ0n) is 12.4. The van der Waals surface area contributed by atoms with Gasteiger partial charge in [0.25, 0.3) is 0 Å². The van der Waals surface area contributed by atoms with Crippen LogP contribution in [0.2, 0.25) is 0 Å². The minimum Gasteiger partial charge on any atom is -0.465 e. The summed E-state index contributed by atoms with van der Waals surface area (Å²) in [6, 6.07) is 11.7. The van der Waals surface area contributed by atoms with Crippen LogP contribution in [0, 0.1) is 16.7 Å². The summed E-state index contributed by atoms with van der Waals surface area (Å²) in [7, 11) is 0. The fourth-order valence-electron chi connectivity index (χ4n) is 2.01. The lowest BCUT2D eigenvalue weighted by Crippen LogP contribution is -2.31. The lowest BCUT2D eigenvalue weighted by molar-refractivity contribution is -0.151. The number of benzene rings is 1. The summed E-state index contributed by atoms with van der Waals surface area (Å²) in [6.07, 6.45) is 4.62. The van der Waals surface area contributed by atoms with Crippen molar-refractivity contribution in [3.05, 3.63) is 35.9 Å². The Morgan fingerprint density at radius 1 is 1.25 bits per heavy atom. The first-order valence-electron chi connectivity index (χ1n) is 7.25. The lowest BCUT2D eigenvalue weighted by Gasteiger charge is -2.19. The maximum Gasteiger partial charge on any atom is 0.326 e. The van der Waals surface area contributed by atoms with E-state index < -0.39 is 11.4 Å². The Morgan fingerprint density at radius 2 is 1.95 bits per heavy atom. The third-order valence-electron chi connectivity index (χ3n) is 3.33. The van der Waals surface area contributed by atoms with Crippen LogP contribution < -0.4 is 0 Å². The Morgan fingerprint density at radius 3 is 2.55 bits per heavy atom. The molecule has 0 saturated carbocycles. The van der Waals surface area contributed by atoms with E-state index in [-0.39, 0.29) is 0 Å². The molecule has 0 N–H and O–H groups in total. The predicted octanol–water partition coefficient (Wildman–Crippen LogP) is 3.88.